The molecular weight excluding hydrogens is 226 g/mol. The van der Waals surface area contributed by atoms with Gasteiger partial charge in [-0.05, 0) is 31.4 Å². The molecule has 1 atom stereocenters. The topological polar surface area (TPSA) is 59.6 Å². The van der Waals surface area contributed by atoms with E-state index in [1.165, 1.54) is 0 Å². The highest BCUT2D eigenvalue weighted by Crippen LogP contribution is 2.31. The number of nitrogens with zero attached hydrogens (tertiary/aromatic N) is 1. The number of anilines is 2. The molecule has 1 aromatic carbocycles. The smallest absolute Gasteiger partial charge is 0.153 e. The van der Waals surface area contributed by atoms with Gasteiger partial charge in [-0.2, -0.15) is 0 Å². The molecule has 0 saturated carbocycles. The largest absolute Gasteiger partial charge is 0.481 e. The second kappa shape index (κ2) is 5.29. The van der Waals surface area contributed by atoms with Crippen LogP contribution < -0.4 is 15.8 Å². The summed E-state index contributed by atoms with van der Waals surface area (Å²) in [6, 6.07) is 5.62. The van der Waals surface area contributed by atoms with Crippen LogP contribution >= 0.6 is 0 Å². The van der Waals surface area contributed by atoms with Crippen molar-refractivity contribution in [2.75, 3.05) is 17.6 Å². The number of fused-ring (bicyclic) bond motifs is 1. The zero-order valence-corrected chi connectivity index (χ0v) is 11.2. The van der Waals surface area contributed by atoms with E-state index < -0.39 is 0 Å². The number of benzene rings is 1. The second-order valence-electron chi connectivity index (χ2n) is 5.09. The number of nitrogen functional groups attached to an aromatic ring is 1. The molecular formula is C14H21N3O. The number of rotatable bonds is 3. The maximum absolute atomic E-state index is 5.81. The van der Waals surface area contributed by atoms with Crippen LogP contribution in [0.3, 0.4) is 0 Å². The Kier molecular flexibility index (Phi) is 3.75. The molecule has 0 amide bonds. The molecule has 2 rings (SSSR count). The molecule has 0 radical (unpaired) electrons. The number of ether oxygens (including phenoxy) is 1. The van der Waals surface area contributed by atoms with Gasteiger partial charge < -0.3 is 15.8 Å². The number of hydrogen-bond acceptors (Lipinski definition) is 3. The second-order valence-corrected chi connectivity index (χ2v) is 5.09. The first-order valence-corrected chi connectivity index (χ1v) is 6.44. The van der Waals surface area contributed by atoms with E-state index in [0.29, 0.717) is 11.6 Å². The Morgan fingerprint density at radius 2 is 2.22 bits per heavy atom. The molecule has 1 aliphatic heterocycles. The third kappa shape index (κ3) is 2.94. The van der Waals surface area contributed by atoms with Crippen molar-refractivity contribution in [3.8, 4) is 5.75 Å². The molecule has 3 N–H and O–H groups in total. The fourth-order valence-corrected chi connectivity index (χ4v) is 1.84. The van der Waals surface area contributed by atoms with Gasteiger partial charge in [-0.3, -0.25) is 4.99 Å². The summed E-state index contributed by atoms with van der Waals surface area (Å²) < 4.78 is 5.81. The highest BCUT2D eigenvalue weighted by atomic mass is 16.5. The number of aliphatic imine (C=N–C) groups is 1. The molecule has 0 fully saturated rings. The molecule has 0 aromatic heterocycles. The predicted octanol–water partition coefficient (Wildman–Crippen LogP) is 2.91. The third-order valence-electron chi connectivity index (χ3n) is 2.95. The van der Waals surface area contributed by atoms with Crippen molar-refractivity contribution >= 4 is 17.2 Å². The summed E-state index contributed by atoms with van der Waals surface area (Å²) in [4.78, 5) is 4.57. The van der Waals surface area contributed by atoms with Gasteiger partial charge in [-0.15, -0.1) is 0 Å². The van der Waals surface area contributed by atoms with E-state index in [9.17, 15) is 0 Å². The maximum atomic E-state index is 5.81. The van der Waals surface area contributed by atoms with Gasteiger partial charge in [0.2, 0.25) is 0 Å². The summed E-state index contributed by atoms with van der Waals surface area (Å²) in [5.41, 5.74) is 7.38. The quantitative estimate of drug-likeness (QED) is 0.807. The first-order chi connectivity index (χ1) is 8.56. The summed E-state index contributed by atoms with van der Waals surface area (Å²) in [6.45, 7) is 7.23. The summed E-state index contributed by atoms with van der Waals surface area (Å²) in [5, 5.41) is 3.32. The molecule has 4 nitrogen and oxygen atoms in total. The molecule has 1 aromatic rings. The van der Waals surface area contributed by atoms with Gasteiger partial charge in [-0.1, -0.05) is 13.8 Å². The SMILES string of the molecule is CC(C)CCN=C1Nc2ccc(N)cc2OC1C. The predicted molar refractivity (Wildman–Crippen MR) is 76.3 cm³/mol. The van der Waals surface area contributed by atoms with Crippen molar-refractivity contribution in [1.29, 1.82) is 0 Å². The molecule has 1 heterocycles. The Morgan fingerprint density at radius 1 is 1.44 bits per heavy atom. The van der Waals surface area contributed by atoms with Crippen molar-refractivity contribution in [3.63, 3.8) is 0 Å². The molecule has 4 heteroatoms. The van der Waals surface area contributed by atoms with Gasteiger partial charge in [0.1, 0.15) is 11.6 Å². The highest BCUT2D eigenvalue weighted by Gasteiger charge is 2.21. The van der Waals surface area contributed by atoms with Crippen molar-refractivity contribution in [2.24, 2.45) is 10.9 Å². The summed E-state index contributed by atoms with van der Waals surface area (Å²) in [7, 11) is 0. The summed E-state index contributed by atoms with van der Waals surface area (Å²) in [6.07, 6.45) is 1.04. The number of nitrogens with two attached hydrogens (primary N) is 1. The Balaban J connectivity index is 2.10. The molecule has 18 heavy (non-hydrogen) atoms. The van der Waals surface area contributed by atoms with Gasteiger partial charge in [0.25, 0.3) is 0 Å². The van der Waals surface area contributed by atoms with Crippen LogP contribution in [0.5, 0.6) is 5.75 Å². The van der Waals surface area contributed by atoms with Crippen LogP contribution in [-0.2, 0) is 0 Å². The third-order valence-corrected chi connectivity index (χ3v) is 2.95. The minimum absolute atomic E-state index is 0.0496. The zero-order chi connectivity index (χ0) is 13.1. The molecule has 0 spiro atoms. The molecule has 1 aliphatic rings. The first-order valence-electron chi connectivity index (χ1n) is 6.44. The lowest BCUT2D eigenvalue weighted by Gasteiger charge is -2.26. The van der Waals surface area contributed by atoms with E-state index in [1.807, 2.05) is 25.1 Å². The lowest BCUT2D eigenvalue weighted by molar-refractivity contribution is 0.282. The van der Waals surface area contributed by atoms with Crippen LogP contribution in [0.15, 0.2) is 23.2 Å². The van der Waals surface area contributed by atoms with Gasteiger partial charge >= 0.3 is 0 Å². The van der Waals surface area contributed by atoms with E-state index in [2.05, 4.69) is 24.2 Å². The minimum atomic E-state index is -0.0496. The fraction of sp³-hybridized carbons (Fsp3) is 0.500. The van der Waals surface area contributed by atoms with Gasteiger partial charge in [0, 0.05) is 18.3 Å². The van der Waals surface area contributed by atoms with E-state index in [1.54, 1.807) is 0 Å². The van der Waals surface area contributed by atoms with Gasteiger partial charge in [0.05, 0.1) is 5.69 Å². The Hall–Kier alpha value is -1.71. The molecule has 1 unspecified atom stereocenters. The average molecular weight is 247 g/mol. The van der Waals surface area contributed by atoms with Gasteiger partial charge in [0.15, 0.2) is 6.10 Å². The van der Waals surface area contributed by atoms with Crippen LogP contribution in [0.1, 0.15) is 27.2 Å². The van der Waals surface area contributed by atoms with Crippen LogP contribution in [0.4, 0.5) is 11.4 Å². The van der Waals surface area contributed by atoms with E-state index >= 15 is 0 Å². The Labute approximate surface area is 108 Å². The normalized spacial score (nSPS) is 20.4. The average Bonchev–Trinajstić information content (AvgIpc) is 2.29. The van der Waals surface area contributed by atoms with Crippen LogP contribution in [0.25, 0.3) is 0 Å². The van der Waals surface area contributed by atoms with Crippen molar-refractivity contribution in [1.82, 2.24) is 0 Å². The first kappa shape index (κ1) is 12.7. The molecule has 98 valence electrons. The lowest BCUT2D eigenvalue weighted by atomic mass is 10.1. The minimum Gasteiger partial charge on any atom is -0.481 e. The standard InChI is InChI=1S/C14H21N3O/c1-9(2)6-7-16-14-10(3)18-13-8-11(15)4-5-12(13)17-14/h4-5,8-10H,6-7,15H2,1-3H3,(H,16,17). The highest BCUT2D eigenvalue weighted by molar-refractivity contribution is 6.01. The molecule has 0 aliphatic carbocycles. The van der Waals surface area contributed by atoms with Crippen LogP contribution in [0.2, 0.25) is 0 Å². The monoisotopic (exact) mass is 247 g/mol. The van der Waals surface area contributed by atoms with Crippen molar-refractivity contribution in [3.05, 3.63) is 18.2 Å². The maximum Gasteiger partial charge on any atom is 0.153 e. The van der Waals surface area contributed by atoms with E-state index in [0.717, 1.165) is 30.2 Å². The number of nitrogens with one attached hydrogen (secondary N) is 1. The van der Waals surface area contributed by atoms with Gasteiger partial charge in [-0.25, -0.2) is 0 Å². The fourth-order valence-electron chi connectivity index (χ4n) is 1.84. The number of hydrogen-bond donors (Lipinski definition) is 2. The van der Waals surface area contributed by atoms with Crippen LogP contribution in [0, 0.1) is 5.92 Å². The number of amidine groups is 1. The Morgan fingerprint density at radius 3 is 2.94 bits per heavy atom. The molecule has 0 bridgehead atoms. The summed E-state index contributed by atoms with van der Waals surface area (Å²) >= 11 is 0. The van der Waals surface area contributed by atoms with E-state index in [-0.39, 0.29) is 6.10 Å². The van der Waals surface area contributed by atoms with Crippen molar-refractivity contribution < 1.29 is 4.74 Å². The van der Waals surface area contributed by atoms with Crippen molar-refractivity contribution in [2.45, 2.75) is 33.3 Å². The molecule has 0 saturated heterocycles. The summed E-state index contributed by atoms with van der Waals surface area (Å²) in [5.74, 6) is 2.36. The Bertz CT molecular complexity index is 454. The van der Waals surface area contributed by atoms with Crippen LogP contribution in [-0.4, -0.2) is 18.5 Å². The van der Waals surface area contributed by atoms with E-state index in [4.69, 9.17) is 10.5 Å². The zero-order valence-electron chi connectivity index (χ0n) is 11.2. The lowest BCUT2D eigenvalue weighted by Crippen LogP contribution is -2.35.